The number of aromatic amines is 1. The molecular formula is C14H17F2N3O2. The van der Waals surface area contributed by atoms with Crippen molar-refractivity contribution >= 4 is 17.1 Å². The molecule has 7 heteroatoms. The summed E-state index contributed by atoms with van der Waals surface area (Å²) >= 11 is 0. The van der Waals surface area contributed by atoms with E-state index in [2.05, 4.69) is 15.3 Å². The van der Waals surface area contributed by atoms with Crippen LogP contribution in [0.4, 0.5) is 13.6 Å². The summed E-state index contributed by atoms with van der Waals surface area (Å²) in [6, 6.07) is 1.55. The standard InChI is InChI=1S/C14H17F2N3O2/c1-7(17-13(20)21-14(2,3)4)12-18-10-5-8(15)9(16)6-11(10)19-12/h5-7H,1-4H3,(H,17,20)(H,18,19)/t7-/m1/s1. The molecule has 21 heavy (non-hydrogen) atoms. The quantitative estimate of drug-likeness (QED) is 0.892. The highest BCUT2D eigenvalue weighted by Gasteiger charge is 2.20. The topological polar surface area (TPSA) is 67.0 Å². The molecule has 0 aliphatic rings. The number of ether oxygens (including phenoxy) is 1. The molecule has 1 aromatic carbocycles. The van der Waals surface area contributed by atoms with E-state index in [0.29, 0.717) is 16.9 Å². The van der Waals surface area contributed by atoms with Crippen LogP contribution < -0.4 is 5.32 Å². The van der Waals surface area contributed by atoms with Crippen molar-refractivity contribution in [2.45, 2.75) is 39.3 Å². The van der Waals surface area contributed by atoms with Crippen molar-refractivity contribution in [1.82, 2.24) is 15.3 Å². The number of rotatable bonds is 2. The molecule has 2 N–H and O–H groups in total. The van der Waals surface area contributed by atoms with Crippen LogP contribution in [-0.4, -0.2) is 21.7 Å². The molecule has 0 saturated heterocycles. The first-order valence-corrected chi connectivity index (χ1v) is 6.50. The van der Waals surface area contributed by atoms with Crippen LogP contribution in [0, 0.1) is 11.6 Å². The molecule has 0 unspecified atom stereocenters. The maximum absolute atomic E-state index is 13.1. The Balaban J connectivity index is 2.16. The van der Waals surface area contributed by atoms with Crippen LogP contribution in [0.1, 0.15) is 39.6 Å². The lowest BCUT2D eigenvalue weighted by molar-refractivity contribution is 0.0506. The van der Waals surface area contributed by atoms with Gasteiger partial charge in [-0.15, -0.1) is 0 Å². The predicted molar refractivity (Wildman–Crippen MR) is 73.8 cm³/mol. The number of nitrogens with one attached hydrogen (secondary N) is 2. The van der Waals surface area contributed by atoms with Crippen molar-refractivity contribution < 1.29 is 18.3 Å². The maximum Gasteiger partial charge on any atom is 0.408 e. The lowest BCUT2D eigenvalue weighted by Crippen LogP contribution is -2.34. The van der Waals surface area contributed by atoms with Crippen LogP contribution in [0.15, 0.2) is 12.1 Å². The first-order chi connectivity index (χ1) is 9.65. The number of carbonyl (C=O) groups is 1. The van der Waals surface area contributed by atoms with E-state index in [1.165, 1.54) is 0 Å². The summed E-state index contributed by atoms with van der Waals surface area (Å²) < 4.78 is 31.4. The van der Waals surface area contributed by atoms with Crippen LogP contribution >= 0.6 is 0 Å². The number of imidazole rings is 1. The maximum atomic E-state index is 13.1. The largest absolute Gasteiger partial charge is 0.444 e. The minimum atomic E-state index is -0.965. The molecule has 1 heterocycles. The van der Waals surface area contributed by atoms with Gasteiger partial charge in [-0.2, -0.15) is 0 Å². The van der Waals surface area contributed by atoms with E-state index in [4.69, 9.17) is 4.74 Å². The number of fused-ring (bicyclic) bond motifs is 1. The smallest absolute Gasteiger partial charge is 0.408 e. The van der Waals surface area contributed by atoms with Gasteiger partial charge in [0.1, 0.15) is 11.4 Å². The van der Waals surface area contributed by atoms with Crippen molar-refractivity contribution in [2.24, 2.45) is 0 Å². The SMILES string of the molecule is C[C@@H](NC(=O)OC(C)(C)C)c1nc2cc(F)c(F)cc2[nH]1. The van der Waals surface area contributed by atoms with Gasteiger partial charge in [0.15, 0.2) is 11.6 Å². The summed E-state index contributed by atoms with van der Waals surface area (Å²) in [7, 11) is 0. The lowest BCUT2D eigenvalue weighted by atomic mass is 10.2. The molecule has 0 aliphatic carbocycles. The monoisotopic (exact) mass is 297 g/mol. The van der Waals surface area contributed by atoms with E-state index in [9.17, 15) is 13.6 Å². The van der Waals surface area contributed by atoms with Gasteiger partial charge in [0.05, 0.1) is 17.1 Å². The third-order valence-corrected chi connectivity index (χ3v) is 2.69. The zero-order valence-corrected chi connectivity index (χ0v) is 12.3. The first-order valence-electron chi connectivity index (χ1n) is 6.50. The van der Waals surface area contributed by atoms with Gasteiger partial charge in [0.2, 0.25) is 0 Å². The molecule has 0 aliphatic heterocycles. The van der Waals surface area contributed by atoms with E-state index in [0.717, 1.165) is 12.1 Å². The van der Waals surface area contributed by atoms with E-state index in [-0.39, 0.29) is 0 Å². The number of aromatic nitrogens is 2. The van der Waals surface area contributed by atoms with Crippen molar-refractivity contribution in [1.29, 1.82) is 0 Å². The Hall–Kier alpha value is -2.18. The minimum Gasteiger partial charge on any atom is -0.444 e. The minimum absolute atomic E-state index is 0.293. The van der Waals surface area contributed by atoms with Gasteiger partial charge in [0.25, 0.3) is 0 Å². The van der Waals surface area contributed by atoms with Gasteiger partial charge in [-0.25, -0.2) is 18.6 Å². The predicted octanol–water partition coefficient (Wildman–Crippen LogP) is 3.43. The highest BCUT2D eigenvalue weighted by Crippen LogP contribution is 2.19. The molecule has 1 aromatic heterocycles. The number of hydrogen-bond donors (Lipinski definition) is 2. The fraction of sp³-hybridized carbons (Fsp3) is 0.429. The number of amides is 1. The molecule has 0 radical (unpaired) electrons. The Labute approximate surface area is 120 Å². The zero-order valence-electron chi connectivity index (χ0n) is 12.3. The van der Waals surface area contributed by atoms with Gasteiger partial charge < -0.3 is 15.0 Å². The van der Waals surface area contributed by atoms with Crippen LogP contribution in [0.2, 0.25) is 0 Å². The molecule has 2 aromatic rings. The third kappa shape index (κ3) is 3.68. The second-order valence-corrected chi connectivity index (χ2v) is 5.77. The summed E-state index contributed by atoms with van der Waals surface area (Å²) in [6.07, 6.45) is -0.590. The van der Waals surface area contributed by atoms with Gasteiger partial charge >= 0.3 is 6.09 Å². The van der Waals surface area contributed by atoms with Crippen LogP contribution in [-0.2, 0) is 4.74 Å². The third-order valence-electron chi connectivity index (χ3n) is 2.69. The first kappa shape index (κ1) is 15.2. The molecule has 5 nitrogen and oxygen atoms in total. The van der Waals surface area contributed by atoms with E-state index in [1.807, 2.05) is 0 Å². The van der Waals surface area contributed by atoms with Gasteiger partial charge in [0, 0.05) is 12.1 Å². The summed E-state index contributed by atoms with van der Waals surface area (Å²) in [4.78, 5) is 18.6. The van der Waals surface area contributed by atoms with Crippen LogP contribution in [0.25, 0.3) is 11.0 Å². The molecule has 2 rings (SSSR count). The van der Waals surface area contributed by atoms with E-state index >= 15 is 0 Å². The highest BCUT2D eigenvalue weighted by molar-refractivity contribution is 5.75. The summed E-state index contributed by atoms with van der Waals surface area (Å²) in [5, 5.41) is 2.60. The highest BCUT2D eigenvalue weighted by atomic mass is 19.2. The van der Waals surface area contributed by atoms with Crippen molar-refractivity contribution in [3.05, 3.63) is 29.6 Å². The van der Waals surface area contributed by atoms with Crippen LogP contribution in [0.5, 0.6) is 0 Å². The molecule has 1 atom stereocenters. The van der Waals surface area contributed by atoms with Crippen molar-refractivity contribution in [2.75, 3.05) is 0 Å². The Kier molecular flexibility index (Phi) is 3.85. The molecule has 1 amide bonds. The molecule has 114 valence electrons. The van der Waals surface area contributed by atoms with Gasteiger partial charge in [-0.3, -0.25) is 0 Å². The summed E-state index contributed by atoms with van der Waals surface area (Å²) in [5.41, 5.74) is 0.0488. The Morgan fingerprint density at radius 3 is 2.57 bits per heavy atom. The molecule has 0 spiro atoms. The fourth-order valence-corrected chi connectivity index (χ4v) is 1.78. The normalized spacial score (nSPS) is 13.2. The van der Waals surface area contributed by atoms with Crippen LogP contribution in [0.3, 0.4) is 0 Å². The average molecular weight is 297 g/mol. The number of H-pyrrole nitrogens is 1. The lowest BCUT2D eigenvalue weighted by Gasteiger charge is -2.21. The van der Waals surface area contributed by atoms with Gasteiger partial charge in [-0.1, -0.05) is 0 Å². The average Bonchev–Trinajstić information content (AvgIpc) is 2.70. The Morgan fingerprint density at radius 2 is 1.95 bits per heavy atom. The molecule has 0 fully saturated rings. The van der Waals surface area contributed by atoms with Crippen molar-refractivity contribution in [3.8, 4) is 0 Å². The number of halogens is 2. The molecule has 0 bridgehead atoms. The van der Waals surface area contributed by atoms with E-state index < -0.39 is 29.4 Å². The zero-order chi connectivity index (χ0) is 15.8. The fourth-order valence-electron chi connectivity index (χ4n) is 1.78. The number of nitrogens with zero attached hydrogens (tertiary/aromatic N) is 1. The van der Waals surface area contributed by atoms with E-state index in [1.54, 1.807) is 27.7 Å². The van der Waals surface area contributed by atoms with Gasteiger partial charge in [-0.05, 0) is 27.7 Å². The Morgan fingerprint density at radius 1 is 1.33 bits per heavy atom. The molecule has 0 saturated carbocycles. The number of carbonyl (C=O) groups excluding carboxylic acids is 1. The number of benzene rings is 1. The molecular weight excluding hydrogens is 280 g/mol. The number of alkyl carbamates (subject to hydrolysis) is 1. The second-order valence-electron chi connectivity index (χ2n) is 5.77. The van der Waals surface area contributed by atoms with Crippen molar-refractivity contribution in [3.63, 3.8) is 0 Å². The summed E-state index contributed by atoms with van der Waals surface area (Å²) in [5.74, 6) is -1.53. The Bertz CT molecular complexity index is 638. The number of hydrogen-bond acceptors (Lipinski definition) is 3. The summed E-state index contributed by atoms with van der Waals surface area (Å²) in [6.45, 7) is 6.95. The second kappa shape index (κ2) is 5.31.